The summed E-state index contributed by atoms with van der Waals surface area (Å²) in [5, 5.41) is 0.601. The zero-order chi connectivity index (χ0) is 28.8. The number of likely N-dealkylation sites (tertiary alicyclic amines) is 1. The van der Waals surface area contributed by atoms with E-state index in [2.05, 4.69) is 34.0 Å². The Hall–Kier alpha value is -3.07. The first-order valence-corrected chi connectivity index (χ1v) is 14.4. The van der Waals surface area contributed by atoms with Gasteiger partial charge in [-0.2, -0.15) is 18.2 Å². The molecule has 0 atom stereocenters. The Morgan fingerprint density at radius 2 is 1.50 bits per heavy atom. The van der Waals surface area contributed by atoms with Gasteiger partial charge in [0.15, 0.2) is 0 Å². The van der Waals surface area contributed by atoms with Crippen LogP contribution >= 0.6 is 0 Å². The zero-order valence-electron chi connectivity index (χ0n) is 23.5. The fourth-order valence-corrected chi connectivity index (χ4v) is 5.07. The van der Waals surface area contributed by atoms with Crippen molar-refractivity contribution in [1.82, 2.24) is 14.9 Å². The van der Waals surface area contributed by atoms with E-state index in [-0.39, 0.29) is 13.1 Å². The Kier molecular flexibility index (Phi) is 12.8. The summed E-state index contributed by atoms with van der Waals surface area (Å²) < 4.78 is 39.0. The minimum atomic E-state index is -5.18. The molecular weight excluding hydrogens is 519 g/mol. The van der Waals surface area contributed by atoms with E-state index >= 15 is 0 Å². The van der Waals surface area contributed by atoms with E-state index in [1.807, 2.05) is 43.3 Å². The minimum Gasteiger partial charge on any atom is -0.328 e. The van der Waals surface area contributed by atoms with Gasteiger partial charge in [-0.3, -0.25) is 0 Å². The summed E-state index contributed by atoms with van der Waals surface area (Å²) in [4.78, 5) is 33.6. The van der Waals surface area contributed by atoms with Crippen molar-refractivity contribution in [1.29, 1.82) is 0 Å². The molecular formula is C31H42F3N3O3. The molecule has 0 aromatic heterocycles. The summed E-state index contributed by atoms with van der Waals surface area (Å²) >= 11 is 0. The number of alkyl halides is 3. The Balaban J connectivity index is 1.59. The lowest BCUT2D eigenvalue weighted by Crippen LogP contribution is -2.47. The zero-order valence-corrected chi connectivity index (χ0v) is 23.5. The summed E-state index contributed by atoms with van der Waals surface area (Å²) in [6.07, 6.45) is 1.77. The van der Waals surface area contributed by atoms with E-state index in [4.69, 9.17) is 0 Å². The van der Waals surface area contributed by atoms with Gasteiger partial charge in [0.25, 0.3) is 0 Å². The fraction of sp³-hybridized carbons (Fsp3) is 0.548. The molecule has 1 aliphatic rings. The molecule has 2 amide bonds. The summed E-state index contributed by atoms with van der Waals surface area (Å²) in [5.41, 5.74) is 2.21. The van der Waals surface area contributed by atoms with Gasteiger partial charge in [0.1, 0.15) is 0 Å². The van der Waals surface area contributed by atoms with Gasteiger partial charge < -0.3 is 14.6 Å². The maximum absolute atomic E-state index is 13.5. The highest BCUT2D eigenvalue weighted by Gasteiger charge is 2.43. The molecule has 2 aromatic carbocycles. The van der Waals surface area contributed by atoms with Crippen molar-refractivity contribution in [3.05, 3.63) is 71.8 Å². The van der Waals surface area contributed by atoms with Crippen LogP contribution in [0.1, 0.15) is 63.0 Å². The number of nitrogens with zero attached hydrogens (tertiary/aromatic N) is 3. The topological polar surface area (TPSA) is 53.1 Å². The van der Waals surface area contributed by atoms with Gasteiger partial charge in [-0.05, 0) is 68.8 Å². The van der Waals surface area contributed by atoms with Gasteiger partial charge in [0, 0.05) is 13.1 Å². The van der Waals surface area contributed by atoms with Gasteiger partial charge in [0.05, 0.1) is 6.54 Å². The van der Waals surface area contributed by atoms with Crippen molar-refractivity contribution in [2.45, 2.75) is 71.0 Å². The highest BCUT2D eigenvalue weighted by atomic mass is 19.4. The third-order valence-corrected chi connectivity index (χ3v) is 7.32. The van der Waals surface area contributed by atoms with E-state index in [0.29, 0.717) is 30.4 Å². The van der Waals surface area contributed by atoms with Crippen LogP contribution < -0.4 is 0 Å². The van der Waals surface area contributed by atoms with Crippen LogP contribution in [0.25, 0.3) is 0 Å². The largest absolute Gasteiger partial charge is 0.493 e. The molecule has 1 heterocycles. The average molecular weight is 562 g/mol. The van der Waals surface area contributed by atoms with E-state index in [9.17, 15) is 22.8 Å². The van der Waals surface area contributed by atoms with Crippen LogP contribution in [0.3, 0.4) is 0 Å². The predicted molar refractivity (Wildman–Crippen MR) is 149 cm³/mol. The Morgan fingerprint density at radius 3 is 2.10 bits per heavy atom. The maximum atomic E-state index is 13.5. The molecule has 0 spiro atoms. The van der Waals surface area contributed by atoms with Crippen LogP contribution in [0.2, 0.25) is 0 Å². The van der Waals surface area contributed by atoms with Gasteiger partial charge in [-0.1, -0.05) is 86.8 Å². The normalized spacial score (nSPS) is 14.6. The van der Waals surface area contributed by atoms with Crippen LogP contribution in [0.5, 0.6) is 0 Å². The molecule has 9 heteroatoms. The number of hydroxylamine groups is 2. The second-order valence-electron chi connectivity index (χ2n) is 10.6. The molecule has 1 saturated heterocycles. The van der Waals surface area contributed by atoms with Crippen LogP contribution in [-0.4, -0.2) is 65.8 Å². The molecule has 6 nitrogen and oxygen atoms in total. The van der Waals surface area contributed by atoms with E-state index in [1.165, 1.54) is 10.5 Å². The Bertz CT molecular complexity index is 1010. The lowest BCUT2D eigenvalue weighted by molar-refractivity contribution is -0.229. The first-order chi connectivity index (χ1) is 19.3. The summed E-state index contributed by atoms with van der Waals surface area (Å²) in [5.74, 6) is -1.73. The number of hydrogen-bond donors (Lipinski definition) is 0. The highest BCUT2D eigenvalue weighted by Crippen LogP contribution is 2.22. The van der Waals surface area contributed by atoms with E-state index in [1.54, 1.807) is 0 Å². The van der Waals surface area contributed by atoms with E-state index < -0.39 is 18.2 Å². The summed E-state index contributed by atoms with van der Waals surface area (Å²) in [7, 11) is 0. The second kappa shape index (κ2) is 16.3. The van der Waals surface area contributed by atoms with Crippen LogP contribution in [0, 0.1) is 5.92 Å². The summed E-state index contributed by atoms with van der Waals surface area (Å²) in [6.45, 7) is 5.24. The first kappa shape index (κ1) is 31.5. The summed E-state index contributed by atoms with van der Waals surface area (Å²) in [6, 6.07) is 19.1. The van der Waals surface area contributed by atoms with E-state index in [0.717, 1.165) is 63.7 Å². The maximum Gasteiger partial charge on any atom is 0.493 e. The Morgan fingerprint density at radius 1 is 0.875 bits per heavy atom. The predicted octanol–water partition coefficient (Wildman–Crippen LogP) is 6.86. The molecule has 0 saturated carbocycles. The van der Waals surface area contributed by atoms with Crippen molar-refractivity contribution >= 4 is 12.0 Å². The van der Waals surface area contributed by atoms with Crippen molar-refractivity contribution in [3.63, 3.8) is 0 Å². The molecule has 0 bridgehead atoms. The molecule has 0 radical (unpaired) electrons. The average Bonchev–Trinajstić information content (AvgIpc) is 2.95. The molecule has 40 heavy (non-hydrogen) atoms. The lowest BCUT2D eigenvalue weighted by Gasteiger charge is -2.33. The second-order valence-corrected chi connectivity index (χ2v) is 10.6. The molecule has 0 aliphatic carbocycles. The molecule has 0 N–H and O–H groups in total. The molecule has 2 aromatic rings. The number of piperidine rings is 1. The molecule has 3 rings (SSSR count). The number of amides is 2. The number of carbonyl (C=O) groups is 2. The number of carbonyl (C=O) groups excluding carboxylic acids is 2. The van der Waals surface area contributed by atoms with Crippen molar-refractivity contribution < 1.29 is 27.6 Å². The number of benzene rings is 2. The fourth-order valence-electron chi connectivity index (χ4n) is 5.07. The molecule has 1 fully saturated rings. The minimum absolute atomic E-state index is 0.0825. The van der Waals surface area contributed by atoms with Crippen molar-refractivity contribution in [2.75, 3.05) is 32.7 Å². The van der Waals surface area contributed by atoms with Crippen LogP contribution in [-0.2, 0) is 22.6 Å². The van der Waals surface area contributed by atoms with Gasteiger partial charge in [-0.15, -0.1) is 0 Å². The van der Waals surface area contributed by atoms with Gasteiger partial charge in [-0.25, -0.2) is 9.59 Å². The standard InChI is InChI=1S/C31H42F3N3O3/c1-2-3-4-11-21-37(40-29(38)31(32,33)34)30(39)36(25-28-15-9-6-10-16-28)20-12-19-35-22-17-27(18-23-35)24-26-13-7-5-8-14-26/h5-10,13-16,27H,2-4,11-12,17-25H2,1H3. The quantitative estimate of drug-likeness (QED) is 0.198. The number of halogens is 3. The van der Waals surface area contributed by atoms with Crippen LogP contribution in [0.15, 0.2) is 60.7 Å². The lowest BCUT2D eigenvalue weighted by atomic mass is 9.90. The SMILES string of the molecule is CCCCCCN(OC(=O)C(F)(F)F)C(=O)N(CCCN1CCC(Cc2ccccc2)CC1)Cc1ccccc1. The number of urea groups is 1. The number of rotatable bonds is 13. The third-order valence-electron chi connectivity index (χ3n) is 7.32. The number of unbranched alkanes of at least 4 members (excludes halogenated alkanes) is 3. The third kappa shape index (κ3) is 10.8. The van der Waals surface area contributed by atoms with Gasteiger partial charge >= 0.3 is 18.2 Å². The molecule has 0 unspecified atom stereocenters. The smallest absolute Gasteiger partial charge is 0.328 e. The van der Waals surface area contributed by atoms with Crippen LogP contribution in [0.4, 0.5) is 18.0 Å². The highest BCUT2D eigenvalue weighted by molar-refractivity contribution is 5.79. The van der Waals surface area contributed by atoms with Crippen molar-refractivity contribution in [2.24, 2.45) is 5.92 Å². The molecule has 220 valence electrons. The first-order valence-electron chi connectivity index (χ1n) is 14.4. The number of hydrogen-bond acceptors (Lipinski definition) is 4. The van der Waals surface area contributed by atoms with Gasteiger partial charge in [0.2, 0.25) is 0 Å². The van der Waals surface area contributed by atoms with Crippen molar-refractivity contribution in [3.8, 4) is 0 Å². The molecule has 1 aliphatic heterocycles. The monoisotopic (exact) mass is 561 g/mol. The Labute approximate surface area is 236 Å².